The topological polar surface area (TPSA) is 61.9 Å². The lowest BCUT2D eigenvalue weighted by Gasteiger charge is -2.29. The van der Waals surface area contributed by atoms with Crippen molar-refractivity contribution < 1.29 is 14.3 Å². The van der Waals surface area contributed by atoms with Crippen LogP contribution in [0.25, 0.3) is 0 Å². The molecule has 0 bridgehead atoms. The molecule has 0 radical (unpaired) electrons. The lowest BCUT2D eigenvalue weighted by Crippen LogP contribution is -2.41. The fraction of sp³-hybridized carbons (Fsp3) is 0.391. The van der Waals surface area contributed by atoms with Gasteiger partial charge in [0.15, 0.2) is 0 Å². The standard InChI is InChI=1S/C23H27N3O3/c27-22(25-14-16-29-17-15-25)20-9-3-4-10-21(20)24-23(28)26-12-5-8-18-6-1-2-7-19(18)11-13-26/h1-4,6-7,9-10H,5,8,11-17H2,(H,24,28). The predicted octanol–water partition coefficient (Wildman–Crippen LogP) is 3.18. The molecule has 3 amide bonds. The third-order valence-electron chi connectivity index (χ3n) is 5.63. The van der Waals surface area contributed by atoms with Gasteiger partial charge in [0, 0.05) is 26.2 Å². The Hall–Kier alpha value is -2.86. The van der Waals surface area contributed by atoms with E-state index in [2.05, 4.69) is 29.6 Å². The number of carbonyl (C=O) groups excluding carboxylic acids is 2. The highest BCUT2D eigenvalue weighted by Crippen LogP contribution is 2.20. The smallest absolute Gasteiger partial charge is 0.321 e. The van der Waals surface area contributed by atoms with Gasteiger partial charge in [0.1, 0.15) is 0 Å². The molecule has 6 heteroatoms. The molecule has 0 atom stereocenters. The molecule has 0 aromatic heterocycles. The van der Waals surface area contributed by atoms with Crippen molar-refractivity contribution in [3.8, 4) is 0 Å². The first-order chi connectivity index (χ1) is 14.2. The number of carbonyl (C=O) groups is 2. The first-order valence-corrected chi connectivity index (χ1v) is 10.3. The Kier molecular flexibility index (Phi) is 6.10. The number of hydrogen-bond acceptors (Lipinski definition) is 3. The second kappa shape index (κ2) is 9.09. The average molecular weight is 393 g/mol. The molecular weight excluding hydrogens is 366 g/mol. The summed E-state index contributed by atoms with van der Waals surface area (Å²) >= 11 is 0. The van der Waals surface area contributed by atoms with Crippen molar-refractivity contribution in [3.63, 3.8) is 0 Å². The van der Waals surface area contributed by atoms with Gasteiger partial charge in [0.2, 0.25) is 0 Å². The molecule has 152 valence electrons. The van der Waals surface area contributed by atoms with Gasteiger partial charge in [-0.25, -0.2) is 4.79 Å². The van der Waals surface area contributed by atoms with E-state index < -0.39 is 0 Å². The fourth-order valence-electron chi connectivity index (χ4n) is 3.99. The summed E-state index contributed by atoms with van der Waals surface area (Å²) in [4.78, 5) is 29.5. The molecular formula is C23H27N3O3. The van der Waals surface area contributed by atoms with Crippen molar-refractivity contribution in [2.45, 2.75) is 19.3 Å². The number of nitrogens with one attached hydrogen (secondary N) is 1. The van der Waals surface area contributed by atoms with Crippen LogP contribution < -0.4 is 5.32 Å². The van der Waals surface area contributed by atoms with E-state index in [9.17, 15) is 9.59 Å². The third-order valence-corrected chi connectivity index (χ3v) is 5.63. The van der Waals surface area contributed by atoms with E-state index >= 15 is 0 Å². The van der Waals surface area contributed by atoms with E-state index in [-0.39, 0.29) is 11.9 Å². The Morgan fingerprint density at radius 2 is 1.48 bits per heavy atom. The number of benzene rings is 2. The number of rotatable bonds is 2. The highest BCUT2D eigenvalue weighted by molar-refractivity contribution is 6.03. The zero-order chi connectivity index (χ0) is 20.1. The number of morpholine rings is 1. The van der Waals surface area contributed by atoms with Gasteiger partial charge in [0.25, 0.3) is 5.91 Å². The number of nitrogens with zero attached hydrogens (tertiary/aromatic N) is 2. The molecule has 0 saturated carbocycles. The van der Waals surface area contributed by atoms with E-state index in [1.807, 2.05) is 17.0 Å². The molecule has 2 heterocycles. The molecule has 2 aliphatic heterocycles. The molecule has 0 spiro atoms. The van der Waals surface area contributed by atoms with E-state index in [0.717, 1.165) is 19.3 Å². The van der Waals surface area contributed by atoms with Crippen LogP contribution >= 0.6 is 0 Å². The summed E-state index contributed by atoms with van der Waals surface area (Å²) in [5.41, 5.74) is 3.79. The molecule has 1 N–H and O–H groups in total. The average Bonchev–Trinajstić information content (AvgIpc) is 2.75. The van der Waals surface area contributed by atoms with Crippen LogP contribution in [0.2, 0.25) is 0 Å². The molecule has 2 aromatic carbocycles. The monoisotopic (exact) mass is 393 g/mol. The van der Waals surface area contributed by atoms with Crippen LogP contribution in [-0.2, 0) is 17.6 Å². The summed E-state index contributed by atoms with van der Waals surface area (Å²) < 4.78 is 5.34. The summed E-state index contributed by atoms with van der Waals surface area (Å²) in [6, 6.07) is 15.6. The molecule has 1 fully saturated rings. The van der Waals surface area contributed by atoms with E-state index in [1.165, 1.54) is 11.1 Å². The third kappa shape index (κ3) is 4.59. The number of fused-ring (bicyclic) bond motifs is 1. The van der Waals surface area contributed by atoms with E-state index in [4.69, 9.17) is 4.74 Å². The van der Waals surface area contributed by atoms with Gasteiger partial charge in [-0.2, -0.15) is 0 Å². The molecule has 0 aliphatic carbocycles. The molecule has 6 nitrogen and oxygen atoms in total. The van der Waals surface area contributed by atoms with Crippen LogP contribution in [0.4, 0.5) is 10.5 Å². The molecule has 2 aliphatic rings. The van der Waals surface area contributed by atoms with Gasteiger partial charge in [-0.15, -0.1) is 0 Å². The largest absolute Gasteiger partial charge is 0.378 e. The first-order valence-electron chi connectivity index (χ1n) is 10.3. The highest BCUT2D eigenvalue weighted by Gasteiger charge is 2.23. The first kappa shape index (κ1) is 19.5. The number of amides is 3. The molecule has 4 rings (SSSR count). The Morgan fingerprint density at radius 3 is 2.28 bits per heavy atom. The van der Waals surface area contributed by atoms with Crippen molar-refractivity contribution in [3.05, 3.63) is 65.2 Å². The number of urea groups is 1. The van der Waals surface area contributed by atoms with Crippen LogP contribution in [0.15, 0.2) is 48.5 Å². The number of hydrogen-bond donors (Lipinski definition) is 1. The van der Waals surface area contributed by atoms with Crippen LogP contribution in [-0.4, -0.2) is 61.1 Å². The van der Waals surface area contributed by atoms with Crippen molar-refractivity contribution in [2.24, 2.45) is 0 Å². The van der Waals surface area contributed by atoms with Crippen molar-refractivity contribution in [2.75, 3.05) is 44.7 Å². The summed E-state index contributed by atoms with van der Waals surface area (Å²) in [6.45, 7) is 3.63. The number of aryl methyl sites for hydroxylation is 1. The summed E-state index contributed by atoms with van der Waals surface area (Å²) in [5.74, 6) is -0.0641. The van der Waals surface area contributed by atoms with E-state index in [1.54, 1.807) is 17.0 Å². The minimum absolute atomic E-state index is 0.0641. The second-order valence-electron chi connectivity index (χ2n) is 7.49. The zero-order valence-electron chi connectivity index (χ0n) is 16.6. The van der Waals surface area contributed by atoms with Gasteiger partial charge in [-0.3, -0.25) is 4.79 Å². The Balaban J connectivity index is 1.45. The lowest BCUT2D eigenvalue weighted by molar-refractivity contribution is 0.0303. The zero-order valence-corrected chi connectivity index (χ0v) is 16.6. The number of ether oxygens (including phenoxy) is 1. The maximum atomic E-state index is 13.0. The second-order valence-corrected chi connectivity index (χ2v) is 7.49. The SMILES string of the molecule is O=C(Nc1ccccc1C(=O)N1CCOCC1)N1CCCc2ccccc2CC1. The van der Waals surface area contributed by atoms with Crippen LogP contribution in [0.5, 0.6) is 0 Å². The van der Waals surface area contributed by atoms with Crippen LogP contribution in [0.1, 0.15) is 27.9 Å². The highest BCUT2D eigenvalue weighted by atomic mass is 16.5. The van der Waals surface area contributed by atoms with Crippen molar-refractivity contribution in [1.82, 2.24) is 9.80 Å². The maximum absolute atomic E-state index is 13.0. The van der Waals surface area contributed by atoms with Crippen molar-refractivity contribution >= 4 is 17.6 Å². The van der Waals surface area contributed by atoms with E-state index in [0.29, 0.717) is 50.6 Å². The molecule has 2 aromatic rings. The lowest BCUT2D eigenvalue weighted by atomic mass is 9.98. The maximum Gasteiger partial charge on any atom is 0.321 e. The van der Waals surface area contributed by atoms with Gasteiger partial charge in [-0.05, 0) is 42.5 Å². The summed E-state index contributed by atoms with van der Waals surface area (Å²) in [6.07, 6.45) is 2.75. The normalized spacial score (nSPS) is 17.1. The summed E-state index contributed by atoms with van der Waals surface area (Å²) in [5, 5.41) is 2.98. The Morgan fingerprint density at radius 1 is 0.793 bits per heavy atom. The quantitative estimate of drug-likeness (QED) is 0.852. The molecule has 1 saturated heterocycles. The molecule has 29 heavy (non-hydrogen) atoms. The van der Waals surface area contributed by atoms with Crippen LogP contribution in [0.3, 0.4) is 0 Å². The molecule has 0 unspecified atom stereocenters. The summed E-state index contributed by atoms with van der Waals surface area (Å²) in [7, 11) is 0. The van der Waals surface area contributed by atoms with Gasteiger partial charge < -0.3 is 19.9 Å². The van der Waals surface area contributed by atoms with Crippen LogP contribution in [0, 0.1) is 0 Å². The Labute approximate surface area is 171 Å². The number of para-hydroxylation sites is 1. The fourth-order valence-corrected chi connectivity index (χ4v) is 3.99. The minimum Gasteiger partial charge on any atom is -0.378 e. The minimum atomic E-state index is -0.147. The van der Waals surface area contributed by atoms with Crippen molar-refractivity contribution in [1.29, 1.82) is 0 Å². The predicted molar refractivity (Wildman–Crippen MR) is 112 cm³/mol. The Bertz CT molecular complexity index is 877. The van der Waals surface area contributed by atoms with Gasteiger partial charge in [0.05, 0.1) is 24.5 Å². The van der Waals surface area contributed by atoms with Gasteiger partial charge >= 0.3 is 6.03 Å². The van der Waals surface area contributed by atoms with Gasteiger partial charge in [-0.1, -0.05) is 36.4 Å². The number of anilines is 1.